The first-order valence-corrected chi connectivity index (χ1v) is 6.82. The zero-order chi connectivity index (χ0) is 15.6. The van der Waals surface area contributed by atoms with E-state index in [9.17, 15) is 23.5 Å². The molecule has 0 saturated carbocycles. The Morgan fingerprint density at radius 2 is 2.00 bits per heavy atom. The van der Waals surface area contributed by atoms with E-state index in [0.29, 0.717) is 18.5 Å². The number of halogens is 2. The van der Waals surface area contributed by atoms with Crippen molar-refractivity contribution in [2.75, 3.05) is 6.54 Å². The van der Waals surface area contributed by atoms with E-state index >= 15 is 0 Å². The molecule has 2 rings (SSSR count). The van der Waals surface area contributed by atoms with Crippen molar-refractivity contribution in [3.63, 3.8) is 0 Å². The highest BCUT2D eigenvalue weighted by molar-refractivity contribution is 5.88. The smallest absolute Gasteiger partial charge is 0.329 e. The summed E-state index contributed by atoms with van der Waals surface area (Å²) in [5, 5.41) is 9.36. The summed E-state index contributed by atoms with van der Waals surface area (Å²) in [5.74, 6) is -3.41. The second-order valence-corrected chi connectivity index (χ2v) is 5.51. The van der Waals surface area contributed by atoms with Crippen molar-refractivity contribution in [3.8, 4) is 0 Å². The lowest BCUT2D eigenvalue weighted by atomic mass is 9.88. The molecule has 114 valence electrons. The number of nitrogens with zero attached hydrogens (tertiary/aromatic N) is 1. The van der Waals surface area contributed by atoms with Gasteiger partial charge in [0.1, 0.15) is 5.54 Å². The maximum absolute atomic E-state index is 13.2. The number of piperidine rings is 1. The maximum Gasteiger partial charge on any atom is 0.329 e. The second kappa shape index (κ2) is 5.79. The molecule has 1 N–H and O–H groups in total. The van der Waals surface area contributed by atoms with E-state index in [4.69, 9.17) is 0 Å². The lowest BCUT2D eigenvalue weighted by Crippen LogP contribution is -2.57. The van der Waals surface area contributed by atoms with Gasteiger partial charge in [-0.25, -0.2) is 13.6 Å². The molecule has 0 aromatic heterocycles. The fourth-order valence-corrected chi connectivity index (χ4v) is 2.66. The lowest BCUT2D eigenvalue weighted by molar-refractivity contribution is -0.160. The third-order valence-electron chi connectivity index (χ3n) is 3.99. The first-order valence-electron chi connectivity index (χ1n) is 6.82. The Morgan fingerprint density at radius 1 is 1.29 bits per heavy atom. The van der Waals surface area contributed by atoms with E-state index in [2.05, 4.69) is 0 Å². The molecule has 1 aromatic carbocycles. The van der Waals surface area contributed by atoms with E-state index < -0.39 is 23.1 Å². The second-order valence-electron chi connectivity index (χ2n) is 5.51. The van der Waals surface area contributed by atoms with E-state index in [0.717, 1.165) is 25.0 Å². The van der Waals surface area contributed by atoms with E-state index in [1.165, 1.54) is 17.9 Å². The minimum atomic E-state index is -1.23. The first-order chi connectivity index (χ1) is 9.84. The zero-order valence-electron chi connectivity index (χ0n) is 11.7. The number of amides is 1. The van der Waals surface area contributed by atoms with Gasteiger partial charge in [-0.2, -0.15) is 0 Å². The summed E-state index contributed by atoms with van der Waals surface area (Å²) >= 11 is 0. The molecule has 1 fully saturated rings. The third kappa shape index (κ3) is 3.04. The summed E-state index contributed by atoms with van der Waals surface area (Å²) < 4.78 is 26.0. The van der Waals surface area contributed by atoms with Crippen LogP contribution in [0.4, 0.5) is 8.78 Å². The maximum atomic E-state index is 13.2. The number of carbonyl (C=O) groups excluding carboxylic acids is 1. The molecular weight excluding hydrogens is 280 g/mol. The third-order valence-corrected chi connectivity index (χ3v) is 3.99. The standard InChI is InChI=1S/C15H17F2NO3/c1-15(14(20)21)6-2-3-7-18(15)13(19)9-10-4-5-11(16)12(17)8-10/h4-5,8H,2-3,6-7,9H2,1H3,(H,20,21). The van der Waals surface area contributed by atoms with Crippen LogP contribution in [0, 0.1) is 11.6 Å². The van der Waals surface area contributed by atoms with E-state index in [1.54, 1.807) is 0 Å². The van der Waals surface area contributed by atoms with Crippen LogP contribution in [0.15, 0.2) is 18.2 Å². The Balaban J connectivity index is 2.18. The molecule has 6 heteroatoms. The van der Waals surface area contributed by atoms with Gasteiger partial charge in [0.05, 0.1) is 6.42 Å². The van der Waals surface area contributed by atoms with Crippen molar-refractivity contribution >= 4 is 11.9 Å². The lowest BCUT2D eigenvalue weighted by Gasteiger charge is -2.41. The van der Waals surface area contributed by atoms with Crippen molar-refractivity contribution in [2.24, 2.45) is 0 Å². The number of hydrogen-bond acceptors (Lipinski definition) is 2. The van der Waals surface area contributed by atoms with Crippen LogP contribution < -0.4 is 0 Å². The van der Waals surface area contributed by atoms with Gasteiger partial charge in [0.2, 0.25) is 5.91 Å². The number of hydrogen-bond donors (Lipinski definition) is 1. The average molecular weight is 297 g/mol. The molecule has 0 aliphatic carbocycles. The number of carboxylic acids is 1. The predicted octanol–water partition coefficient (Wildman–Crippen LogP) is 2.36. The molecule has 0 spiro atoms. The average Bonchev–Trinajstić information content (AvgIpc) is 2.43. The minimum absolute atomic E-state index is 0.139. The minimum Gasteiger partial charge on any atom is -0.480 e. The van der Waals surface area contributed by atoms with Crippen LogP contribution in [0.25, 0.3) is 0 Å². The Morgan fingerprint density at radius 3 is 2.62 bits per heavy atom. The quantitative estimate of drug-likeness (QED) is 0.932. The first kappa shape index (κ1) is 15.4. The van der Waals surface area contributed by atoms with Crippen LogP contribution in [-0.2, 0) is 16.0 Å². The fourth-order valence-electron chi connectivity index (χ4n) is 2.66. The van der Waals surface area contributed by atoms with Gasteiger partial charge in [-0.15, -0.1) is 0 Å². The highest BCUT2D eigenvalue weighted by Gasteiger charge is 2.43. The predicted molar refractivity (Wildman–Crippen MR) is 71.7 cm³/mol. The van der Waals surface area contributed by atoms with Gasteiger partial charge in [-0.3, -0.25) is 4.79 Å². The molecular formula is C15H17F2NO3. The molecule has 0 bridgehead atoms. The van der Waals surface area contributed by atoms with Crippen molar-refractivity contribution in [1.82, 2.24) is 4.90 Å². The van der Waals surface area contributed by atoms with Crippen molar-refractivity contribution < 1.29 is 23.5 Å². The summed E-state index contributed by atoms with van der Waals surface area (Å²) in [6.45, 7) is 1.89. The van der Waals surface area contributed by atoms with Crippen LogP contribution in [0.2, 0.25) is 0 Å². The van der Waals surface area contributed by atoms with Gasteiger partial charge in [-0.1, -0.05) is 6.07 Å². The molecule has 1 heterocycles. The molecule has 1 aliphatic rings. The van der Waals surface area contributed by atoms with Crippen molar-refractivity contribution in [2.45, 2.75) is 38.1 Å². The van der Waals surface area contributed by atoms with Gasteiger partial charge in [-0.05, 0) is 43.9 Å². The summed E-state index contributed by atoms with van der Waals surface area (Å²) in [7, 11) is 0. The summed E-state index contributed by atoms with van der Waals surface area (Å²) in [5.41, 5.74) is -0.898. The van der Waals surface area contributed by atoms with Crippen LogP contribution in [0.3, 0.4) is 0 Å². The molecule has 1 amide bonds. The molecule has 1 saturated heterocycles. The Kier molecular flexibility index (Phi) is 4.25. The number of carbonyl (C=O) groups is 2. The molecule has 1 atom stereocenters. The molecule has 1 unspecified atom stereocenters. The Labute approximate surface area is 121 Å². The van der Waals surface area contributed by atoms with E-state index in [1.807, 2.05) is 0 Å². The molecule has 1 aromatic rings. The summed E-state index contributed by atoms with van der Waals surface area (Å²) in [4.78, 5) is 25.1. The SMILES string of the molecule is CC1(C(=O)O)CCCCN1C(=O)Cc1ccc(F)c(F)c1. The van der Waals surface area contributed by atoms with Gasteiger partial charge < -0.3 is 10.0 Å². The molecule has 4 nitrogen and oxygen atoms in total. The highest BCUT2D eigenvalue weighted by Crippen LogP contribution is 2.29. The fraction of sp³-hybridized carbons (Fsp3) is 0.467. The van der Waals surface area contributed by atoms with Crippen LogP contribution in [0.5, 0.6) is 0 Å². The van der Waals surface area contributed by atoms with Crippen LogP contribution in [-0.4, -0.2) is 34.0 Å². The van der Waals surface area contributed by atoms with Gasteiger partial charge in [0.15, 0.2) is 11.6 Å². The van der Waals surface area contributed by atoms with Gasteiger partial charge in [0.25, 0.3) is 0 Å². The number of aliphatic carboxylic acids is 1. The summed E-state index contributed by atoms with van der Waals surface area (Å²) in [6.07, 6.45) is 1.75. The number of carboxylic acid groups (broad SMARTS) is 1. The van der Waals surface area contributed by atoms with Crippen LogP contribution in [0.1, 0.15) is 31.7 Å². The topological polar surface area (TPSA) is 57.6 Å². The van der Waals surface area contributed by atoms with Crippen molar-refractivity contribution in [3.05, 3.63) is 35.4 Å². The molecule has 21 heavy (non-hydrogen) atoms. The van der Waals surface area contributed by atoms with Gasteiger partial charge >= 0.3 is 5.97 Å². The largest absolute Gasteiger partial charge is 0.480 e. The zero-order valence-corrected chi connectivity index (χ0v) is 11.7. The molecule has 1 aliphatic heterocycles. The number of rotatable bonds is 3. The normalized spacial score (nSPS) is 22.1. The van der Waals surface area contributed by atoms with Crippen molar-refractivity contribution in [1.29, 1.82) is 0 Å². The summed E-state index contributed by atoms with van der Waals surface area (Å²) in [6, 6.07) is 3.26. The molecule has 0 radical (unpaired) electrons. The number of benzene rings is 1. The highest BCUT2D eigenvalue weighted by atomic mass is 19.2. The van der Waals surface area contributed by atoms with E-state index in [-0.39, 0.29) is 12.3 Å². The van der Waals surface area contributed by atoms with Crippen LogP contribution >= 0.6 is 0 Å². The Bertz CT molecular complexity index is 576. The Hall–Kier alpha value is -1.98. The monoisotopic (exact) mass is 297 g/mol. The van der Waals surface area contributed by atoms with Gasteiger partial charge in [0, 0.05) is 6.54 Å². The number of likely N-dealkylation sites (tertiary alicyclic amines) is 1.